The van der Waals surface area contributed by atoms with Crippen LogP contribution in [0.5, 0.6) is 0 Å². The molecule has 0 spiro atoms. The van der Waals surface area contributed by atoms with E-state index in [1.165, 1.54) is 12.0 Å². The first-order valence-corrected chi connectivity index (χ1v) is 6.59. The Hall–Kier alpha value is -2.39. The first kappa shape index (κ1) is 15.0. The van der Waals surface area contributed by atoms with Gasteiger partial charge in [0.15, 0.2) is 0 Å². The van der Waals surface area contributed by atoms with Gasteiger partial charge in [-0.05, 0) is 17.7 Å². The van der Waals surface area contributed by atoms with E-state index >= 15 is 0 Å². The number of hydrogen-bond donors (Lipinski definition) is 1. The maximum Gasteiger partial charge on any atom is 0.326 e. The molecule has 21 heavy (non-hydrogen) atoms. The van der Waals surface area contributed by atoms with Gasteiger partial charge in [-0.2, -0.15) is 5.26 Å². The van der Waals surface area contributed by atoms with E-state index in [0.29, 0.717) is 5.56 Å². The lowest BCUT2D eigenvalue weighted by Gasteiger charge is -2.21. The number of nitrogens with zero attached hydrogens (tertiary/aromatic N) is 2. The molecule has 2 rings (SSSR count). The first-order valence-electron chi connectivity index (χ1n) is 6.59. The highest BCUT2D eigenvalue weighted by atomic mass is 16.5. The summed E-state index contributed by atoms with van der Waals surface area (Å²) in [6, 6.07) is 7.86. The fourth-order valence-corrected chi connectivity index (χ4v) is 2.50. The molecule has 1 aliphatic rings. The molecule has 1 aromatic carbocycles. The molecule has 2 atom stereocenters. The SMILES string of the molecule is COC1CC(C(=O)O)N(C(=O)c2cccc(CC#N)c2)C1. The molecule has 1 amide bonds. The Balaban J connectivity index is 2.24. The largest absolute Gasteiger partial charge is 0.480 e. The Morgan fingerprint density at radius 1 is 1.52 bits per heavy atom. The van der Waals surface area contributed by atoms with Crippen LogP contribution in [0.25, 0.3) is 0 Å². The van der Waals surface area contributed by atoms with Crippen molar-refractivity contribution in [1.29, 1.82) is 5.26 Å². The van der Waals surface area contributed by atoms with Gasteiger partial charge in [0.2, 0.25) is 0 Å². The fourth-order valence-electron chi connectivity index (χ4n) is 2.50. The molecule has 0 bridgehead atoms. The molecule has 1 N–H and O–H groups in total. The van der Waals surface area contributed by atoms with Crippen LogP contribution in [-0.2, 0) is 16.0 Å². The van der Waals surface area contributed by atoms with E-state index in [1.54, 1.807) is 24.3 Å². The molecule has 1 heterocycles. The molecule has 6 heteroatoms. The molecule has 1 fully saturated rings. The van der Waals surface area contributed by atoms with Gasteiger partial charge in [0.25, 0.3) is 5.91 Å². The van der Waals surface area contributed by atoms with Crippen molar-refractivity contribution in [2.75, 3.05) is 13.7 Å². The summed E-state index contributed by atoms with van der Waals surface area (Å²) in [4.78, 5) is 25.1. The van der Waals surface area contributed by atoms with E-state index in [9.17, 15) is 14.7 Å². The number of carbonyl (C=O) groups is 2. The topological polar surface area (TPSA) is 90.6 Å². The van der Waals surface area contributed by atoms with Crippen molar-refractivity contribution in [3.8, 4) is 6.07 Å². The molecule has 1 aromatic rings. The average Bonchev–Trinajstić information content (AvgIpc) is 2.91. The number of methoxy groups -OCH3 is 1. The lowest BCUT2D eigenvalue weighted by Crippen LogP contribution is -2.40. The number of aliphatic carboxylic acids is 1. The summed E-state index contributed by atoms with van der Waals surface area (Å²) in [6.07, 6.45) is 0.233. The lowest BCUT2D eigenvalue weighted by molar-refractivity contribution is -0.141. The Morgan fingerprint density at radius 2 is 2.29 bits per heavy atom. The van der Waals surface area contributed by atoms with Crippen LogP contribution in [0.2, 0.25) is 0 Å². The normalized spacial score (nSPS) is 21.0. The number of likely N-dealkylation sites (tertiary alicyclic amines) is 1. The van der Waals surface area contributed by atoms with Gasteiger partial charge in [0.1, 0.15) is 6.04 Å². The van der Waals surface area contributed by atoms with Crippen LogP contribution in [0.3, 0.4) is 0 Å². The zero-order chi connectivity index (χ0) is 15.4. The van der Waals surface area contributed by atoms with E-state index in [1.807, 2.05) is 6.07 Å². The van der Waals surface area contributed by atoms with E-state index in [0.717, 1.165) is 5.56 Å². The third-order valence-corrected chi connectivity index (χ3v) is 3.60. The van der Waals surface area contributed by atoms with Gasteiger partial charge in [-0.1, -0.05) is 12.1 Å². The van der Waals surface area contributed by atoms with Crippen LogP contribution in [-0.4, -0.2) is 47.7 Å². The molecular weight excluding hydrogens is 272 g/mol. The van der Waals surface area contributed by atoms with Crippen molar-refractivity contribution in [2.45, 2.75) is 25.0 Å². The highest BCUT2D eigenvalue weighted by molar-refractivity contribution is 5.97. The van der Waals surface area contributed by atoms with E-state index < -0.39 is 12.0 Å². The Morgan fingerprint density at radius 3 is 2.90 bits per heavy atom. The second-order valence-electron chi connectivity index (χ2n) is 4.94. The molecule has 110 valence electrons. The van der Waals surface area contributed by atoms with E-state index in [4.69, 9.17) is 10.00 Å². The highest BCUT2D eigenvalue weighted by Crippen LogP contribution is 2.23. The standard InChI is InChI=1S/C15H16N2O4/c1-21-12-8-13(15(19)20)17(9-12)14(18)11-4-2-3-10(7-11)5-6-16/h2-4,7,12-13H,5,8-9H2,1H3,(H,19,20). The number of ether oxygens (including phenoxy) is 1. The van der Waals surface area contributed by atoms with E-state index in [2.05, 4.69) is 0 Å². The van der Waals surface area contributed by atoms with Crippen molar-refractivity contribution < 1.29 is 19.4 Å². The minimum atomic E-state index is -1.03. The summed E-state index contributed by atoms with van der Waals surface area (Å²) in [7, 11) is 1.51. The zero-order valence-electron chi connectivity index (χ0n) is 11.7. The van der Waals surface area contributed by atoms with Crippen molar-refractivity contribution in [3.63, 3.8) is 0 Å². The fraction of sp³-hybridized carbons (Fsp3) is 0.400. The van der Waals surface area contributed by atoms with Crippen molar-refractivity contribution >= 4 is 11.9 Å². The number of carbonyl (C=O) groups excluding carboxylic acids is 1. The van der Waals surface area contributed by atoms with Crippen molar-refractivity contribution in [3.05, 3.63) is 35.4 Å². The van der Waals surface area contributed by atoms with Gasteiger partial charge < -0.3 is 14.7 Å². The van der Waals surface area contributed by atoms with Crippen molar-refractivity contribution in [2.24, 2.45) is 0 Å². The van der Waals surface area contributed by atoms with Gasteiger partial charge >= 0.3 is 5.97 Å². The molecule has 6 nitrogen and oxygen atoms in total. The summed E-state index contributed by atoms with van der Waals surface area (Å²) < 4.78 is 5.17. The molecule has 2 unspecified atom stereocenters. The van der Waals surface area contributed by atoms with Gasteiger partial charge in [-0.15, -0.1) is 0 Å². The van der Waals surface area contributed by atoms with Crippen LogP contribution in [0.4, 0.5) is 0 Å². The second-order valence-corrected chi connectivity index (χ2v) is 4.94. The molecule has 0 aliphatic carbocycles. The molecular formula is C15H16N2O4. The number of nitriles is 1. The number of rotatable bonds is 4. The second kappa shape index (κ2) is 6.37. The number of hydrogen-bond acceptors (Lipinski definition) is 4. The summed E-state index contributed by atoms with van der Waals surface area (Å²) in [5.41, 5.74) is 1.13. The summed E-state index contributed by atoms with van der Waals surface area (Å²) in [6.45, 7) is 0.259. The smallest absolute Gasteiger partial charge is 0.326 e. The summed E-state index contributed by atoms with van der Waals surface area (Å²) >= 11 is 0. The van der Waals surface area contributed by atoms with Crippen LogP contribution in [0, 0.1) is 11.3 Å². The molecule has 1 aliphatic heterocycles. The van der Waals surface area contributed by atoms with Gasteiger partial charge in [0.05, 0.1) is 18.6 Å². The summed E-state index contributed by atoms with van der Waals surface area (Å²) in [5.74, 6) is -1.38. The number of amides is 1. The Bertz CT molecular complexity index is 594. The van der Waals surface area contributed by atoms with E-state index in [-0.39, 0.29) is 31.4 Å². The average molecular weight is 288 g/mol. The molecule has 0 saturated carbocycles. The van der Waals surface area contributed by atoms with Crippen LogP contribution in [0.15, 0.2) is 24.3 Å². The van der Waals surface area contributed by atoms with Crippen molar-refractivity contribution in [1.82, 2.24) is 4.90 Å². The first-order chi connectivity index (χ1) is 10.1. The minimum Gasteiger partial charge on any atom is -0.480 e. The maximum absolute atomic E-state index is 12.5. The summed E-state index contributed by atoms with van der Waals surface area (Å²) in [5, 5.41) is 17.9. The Kier molecular flexibility index (Phi) is 4.55. The quantitative estimate of drug-likeness (QED) is 0.894. The maximum atomic E-state index is 12.5. The predicted octanol–water partition coefficient (Wildman–Crippen LogP) is 1.07. The lowest BCUT2D eigenvalue weighted by atomic mass is 10.1. The molecule has 0 aromatic heterocycles. The predicted molar refractivity (Wildman–Crippen MR) is 73.6 cm³/mol. The third-order valence-electron chi connectivity index (χ3n) is 3.60. The highest BCUT2D eigenvalue weighted by Gasteiger charge is 2.40. The van der Waals surface area contributed by atoms with Crippen LogP contribution < -0.4 is 0 Å². The van der Waals surface area contributed by atoms with Gasteiger partial charge in [0, 0.05) is 25.6 Å². The molecule has 0 radical (unpaired) electrons. The number of carboxylic acid groups (broad SMARTS) is 1. The number of benzene rings is 1. The zero-order valence-corrected chi connectivity index (χ0v) is 11.7. The Labute approximate surface area is 122 Å². The monoisotopic (exact) mass is 288 g/mol. The van der Waals surface area contributed by atoms with Gasteiger partial charge in [-0.3, -0.25) is 4.79 Å². The van der Waals surface area contributed by atoms with Crippen LogP contribution >= 0.6 is 0 Å². The molecule has 1 saturated heterocycles. The van der Waals surface area contributed by atoms with Gasteiger partial charge in [-0.25, -0.2) is 4.79 Å². The van der Waals surface area contributed by atoms with Crippen LogP contribution in [0.1, 0.15) is 22.3 Å². The minimum absolute atomic E-state index is 0.212. The number of carboxylic acids is 1. The third kappa shape index (κ3) is 3.20.